The number of ketones is 3. The van der Waals surface area contributed by atoms with Gasteiger partial charge in [-0.05, 0) is 18.8 Å². The minimum Gasteiger partial charge on any atom is -0.295 e. The van der Waals surface area contributed by atoms with Crippen molar-refractivity contribution in [3.05, 3.63) is 0 Å². The first kappa shape index (κ1) is 19.6. The SMILES string of the molecule is CC1C[C@@](Br)(C(=O)C(F)(F)F)C(=O)[C@@](Br)(C(=O)C(F)(F)F)C1. The summed E-state index contributed by atoms with van der Waals surface area (Å²) in [6.07, 6.45) is -12.2. The number of rotatable bonds is 2. The van der Waals surface area contributed by atoms with Crippen LogP contribution in [0, 0.1) is 5.92 Å². The summed E-state index contributed by atoms with van der Waals surface area (Å²) >= 11 is 4.69. The summed E-state index contributed by atoms with van der Waals surface area (Å²) in [5, 5.41) is 0. The van der Waals surface area contributed by atoms with Crippen LogP contribution in [0.15, 0.2) is 0 Å². The molecule has 0 aromatic heterocycles. The molecule has 1 saturated carbocycles. The van der Waals surface area contributed by atoms with Gasteiger partial charge in [0.2, 0.25) is 0 Å². The molecule has 0 bridgehead atoms. The normalized spacial score (nSPS) is 33.7. The van der Waals surface area contributed by atoms with Crippen LogP contribution in [0.3, 0.4) is 0 Å². The Balaban J connectivity index is 3.40. The third-order valence-corrected chi connectivity index (χ3v) is 5.30. The van der Waals surface area contributed by atoms with Gasteiger partial charge in [0.25, 0.3) is 11.6 Å². The van der Waals surface area contributed by atoms with Crippen LogP contribution in [-0.2, 0) is 14.4 Å². The average molecular weight is 462 g/mol. The molecule has 22 heavy (non-hydrogen) atoms. The standard InChI is InChI=1S/C11H8Br2F6O3/c1-4-2-8(12,6(21)10(14,15)16)5(20)9(13,3-4)7(22)11(17,18)19/h4H,2-3H2,1H3/t4?,8-,9+. The largest absolute Gasteiger partial charge is 0.451 e. The number of halogens is 8. The Labute approximate surface area is 137 Å². The Hall–Kier alpha value is -0.450. The molecule has 1 aliphatic carbocycles. The van der Waals surface area contributed by atoms with Crippen molar-refractivity contribution < 1.29 is 40.7 Å². The van der Waals surface area contributed by atoms with Crippen LogP contribution in [-0.4, -0.2) is 38.4 Å². The highest BCUT2D eigenvalue weighted by Crippen LogP contribution is 2.50. The lowest BCUT2D eigenvalue weighted by atomic mass is 9.71. The molecule has 0 amide bonds. The van der Waals surface area contributed by atoms with Crippen molar-refractivity contribution in [1.29, 1.82) is 0 Å². The molecule has 0 aromatic rings. The van der Waals surface area contributed by atoms with Crippen molar-refractivity contribution in [2.45, 2.75) is 40.8 Å². The molecule has 0 spiro atoms. The van der Waals surface area contributed by atoms with E-state index in [0.29, 0.717) is 0 Å². The van der Waals surface area contributed by atoms with Gasteiger partial charge in [-0.2, -0.15) is 26.3 Å². The van der Waals surface area contributed by atoms with Gasteiger partial charge in [0.15, 0.2) is 14.4 Å². The van der Waals surface area contributed by atoms with Gasteiger partial charge < -0.3 is 0 Å². The highest BCUT2D eigenvalue weighted by atomic mass is 79.9. The Morgan fingerprint density at radius 3 is 1.45 bits per heavy atom. The lowest BCUT2D eigenvalue weighted by Gasteiger charge is -2.41. The van der Waals surface area contributed by atoms with E-state index in [-0.39, 0.29) is 0 Å². The second-order valence-corrected chi connectivity index (χ2v) is 7.81. The molecule has 0 aliphatic heterocycles. The second-order valence-electron chi connectivity index (χ2n) is 5.10. The van der Waals surface area contributed by atoms with Gasteiger partial charge in [0.1, 0.15) is 0 Å². The van der Waals surface area contributed by atoms with E-state index >= 15 is 0 Å². The van der Waals surface area contributed by atoms with Crippen molar-refractivity contribution in [3.8, 4) is 0 Å². The molecule has 0 aromatic carbocycles. The zero-order valence-electron chi connectivity index (χ0n) is 10.7. The van der Waals surface area contributed by atoms with E-state index in [1.165, 1.54) is 6.92 Å². The van der Waals surface area contributed by atoms with E-state index in [9.17, 15) is 40.7 Å². The predicted molar refractivity (Wildman–Crippen MR) is 68.8 cm³/mol. The quantitative estimate of drug-likeness (QED) is 0.359. The summed E-state index contributed by atoms with van der Waals surface area (Å²) in [7, 11) is 0. The monoisotopic (exact) mass is 460 g/mol. The summed E-state index contributed by atoms with van der Waals surface area (Å²) in [5.74, 6) is -7.78. The Morgan fingerprint density at radius 1 is 0.955 bits per heavy atom. The van der Waals surface area contributed by atoms with Gasteiger partial charge in [-0.3, -0.25) is 14.4 Å². The van der Waals surface area contributed by atoms with Gasteiger partial charge in [0.05, 0.1) is 0 Å². The fourth-order valence-electron chi connectivity index (χ4n) is 2.37. The van der Waals surface area contributed by atoms with Crippen LogP contribution in [0.4, 0.5) is 26.3 Å². The molecule has 1 unspecified atom stereocenters. The predicted octanol–water partition coefficient (Wildman–Crippen LogP) is 3.52. The van der Waals surface area contributed by atoms with Crippen LogP contribution in [0.2, 0.25) is 0 Å². The molecule has 3 nitrogen and oxygen atoms in total. The fraction of sp³-hybridized carbons (Fsp3) is 0.727. The first-order valence-electron chi connectivity index (χ1n) is 5.73. The molecular formula is C11H8Br2F6O3. The average Bonchev–Trinajstić information content (AvgIpc) is 2.31. The van der Waals surface area contributed by atoms with E-state index in [0.717, 1.165) is 0 Å². The van der Waals surface area contributed by atoms with E-state index in [1.807, 2.05) is 0 Å². The van der Waals surface area contributed by atoms with Crippen LogP contribution < -0.4 is 0 Å². The number of hydrogen-bond acceptors (Lipinski definition) is 3. The van der Waals surface area contributed by atoms with Crippen molar-refractivity contribution in [2.75, 3.05) is 0 Å². The van der Waals surface area contributed by atoms with Crippen LogP contribution >= 0.6 is 31.9 Å². The summed E-state index contributed by atoms with van der Waals surface area (Å²) in [6.45, 7) is 1.24. The number of Topliss-reactive ketones (excluding diaryl/α,β-unsaturated/α-hetero) is 3. The van der Waals surface area contributed by atoms with Crippen LogP contribution in [0.1, 0.15) is 19.8 Å². The van der Waals surface area contributed by atoms with Crippen LogP contribution in [0.5, 0.6) is 0 Å². The fourth-order valence-corrected chi connectivity index (χ4v) is 4.87. The maximum atomic E-state index is 12.6. The van der Waals surface area contributed by atoms with Gasteiger partial charge in [-0.1, -0.05) is 38.8 Å². The molecule has 1 rings (SSSR count). The van der Waals surface area contributed by atoms with Crippen molar-refractivity contribution in [3.63, 3.8) is 0 Å². The third-order valence-electron chi connectivity index (χ3n) is 3.21. The molecule has 0 N–H and O–H groups in total. The molecular weight excluding hydrogens is 454 g/mol. The molecule has 3 atom stereocenters. The van der Waals surface area contributed by atoms with Crippen molar-refractivity contribution in [1.82, 2.24) is 0 Å². The topological polar surface area (TPSA) is 51.2 Å². The summed E-state index contributed by atoms with van der Waals surface area (Å²) in [5.41, 5.74) is 0. The van der Waals surface area contributed by atoms with E-state index in [4.69, 9.17) is 0 Å². The summed E-state index contributed by atoms with van der Waals surface area (Å²) < 4.78 is 69.8. The zero-order chi connectivity index (χ0) is 17.7. The van der Waals surface area contributed by atoms with Gasteiger partial charge in [-0.15, -0.1) is 0 Å². The van der Waals surface area contributed by atoms with E-state index < -0.39 is 57.1 Å². The number of carbonyl (C=O) groups excluding carboxylic acids is 3. The Kier molecular flexibility index (Phi) is 4.96. The van der Waals surface area contributed by atoms with Crippen molar-refractivity contribution >= 4 is 49.2 Å². The zero-order valence-corrected chi connectivity index (χ0v) is 13.9. The molecule has 0 saturated heterocycles. The van der Waals surface area contributed by atoms with E-state index in [1.54, 1.807) is 0 Å². The Morgan fingerprint density at radius 2 is 1.23 bits per heavy atom. The minimum atomic E-state index is -5.44. The first-order chi connectivity index (χ1) is 9.57. The molecule has 11 heteroatoms. The first-order valence-corrected chi connectivity index (χ1v) is 7.31. The minimum absolute atomic E-state index is 0.664. The van der Waals surface area contributed by atoms with Crippen LogP contribution in [0.25, 0.3) is 0 Å². The molecule has 0 radical (unpaired) electrons. The smallest absolute Gasteiger partial charge is 0.295 e. The van der Waals surface area contributed by atoms with Gasteiger partial charge >= 0.3 is 12.4 Å². The number of hydrogen-bond donors (Lipinski definition) is 0. The summed E-state index contributed by atoms with van der Waals surface area (Å²) in [4.78, 5) is 35.1. The van der Waals surface area contributed by atoms with Gasteiger partial charge in [-0.25, -0.2) is 0 Å². The lowest BCUT2D eigenvalue weighted by molar-refractivity contribution is -0.180. The molecule has 1 aliphatic rings. The number of carbonyl (C=O) groups is 3. The Bertz CT molecular complexity index is 485. The summed E-state index contributed by atoms with van der Waals surface area (Å²) in [6, 6.07) is 0. The lowest BCUT2D eigenvalue weighted by Crippen LogP contribution is -2.63. The molecule has 1 fully saturated rings. The maximum absolute atomic E-state index is 12.6. The van der Waals surface area contributed by atoms with Crippen molar-refractivity contribution in [2.24, 2.45) is 5.92 Å². The molecule has 126 valence electrons. The second kappa shape index (κ2) is 5.57. The van der Waals surface area contributed by atoms with E-state index in [2.05, 4.69) is 31.9 Å². The highest BCUT2D eigenvalue weighted by Gasteiger charge is 2.68. The number of alkyl halides is 8. The highest BCUT2D eigenvalue weighted by molar-refractivity contribution is 9.11. The third kappa shape index (κ3) is 3.24. The molecule has 0 heterocycles. The maximum Gasteiger partial charge on any atom is 0.451 e. The van der Waals surface area contributed by atoms with Gasteiger partial charge in [0, 0.05) is 0 Å².